The number of aliphatic hydroxyl groups is 1. The van der Waals surface area contributed by atoms with Crippen molar-refractivity contribution < 1.29 is 23.1 Å². The minimum atomic E-state index is -4.94. The van der Waals surface area contributed by atoms with Crippen LogP contribution in [0.15, 0.2) is 18.2 Å². The standard InChI is InChI=1S/C9H7F3O2S/c1-5-2-3-7(15-5)6(13)4-8(14)9(10,11)12/h2-4,13H,1H3/b6-4-. The molecular weight excluding hydrogens is 229 g/mol. The molecule has 0 aliphatic rings. The van der Waals surface area contributed by atoms with Crippen LogP contribution in [0, 0.1) is 6.92 Å². The highest BCUT2D eigenvalue weighted by Gasteiger charge is 2.37. The lowest BCUT2D eigenvalue weighted by atomic mass is 10.3. The molecule has 6 heteroatoms. The van der Waals surface area contributed by atoms with Gasteiger partial charge in [0.1, 0.15) is 5.76 Å². The number of halogens is 3. The fourth-order valence-electron chi connectivity index (χ4n) is 0.849. The van der Waals surface area contributed by atoms with Gasteiger partial charge in [0, 0.05) is 11.0 Å². The van der Waals surface area contributed by atoms with E-state index in [4.69, 9.17) is 0 Å². The van der Waals surface area contributed by atoms with Crippen molar-refractivity contribution in [1.82, 2.24) is 0 Å². The molecular formula is C9H7F3O2S. The number of allylic oxidation sites excluding steroid dienone is 1. The van der Waals surface area contributed by atoms with Gasteiger partial charge in [-0.1, -0.05) is 0 Å². The summed E-state index contributed by atoms with van der Waals surface area (Å²) < 4.78 is 35.5. The SMILES string of the molecule is Cc1ccc(/C(O)=C/C(=O)C(F)(F)F)s1. The van der Waals surface area contributed by atoms with Gasteiger partial charge in [-0.25, -0.2) is 0 Å². The molecule has 2 nitrogen and oxygen atoms in total. The van der Waals surface area contributed by atoms with Gasteiger partial charge >= 0.3 is 6.18 Å². The molecule has 0 aromatic carbocycles. The molecule has 0 amide bonds. The lowest BCUT2D eigenvalue weighted by Crippen LogP contribution is -2.20. The van der Waals surface area contributed by atoms with Crippen LogP contribution in [0.1, 0.15) is 9.75 Å². The third kappa shape index (κ3) is 3.09. The van der Waals surface area contributed by atoms with Crippen LogP contribution < -0.4 is 0 Å². The Bertz CT molecular complexity index is 404. The summed E-state index contributed by atoms with van der Waals surface area (Å²) in [6, 6.07) is 3.09. The first kappa shape index (κ1) is 11.8. The Morgan fingerprint density at radius 2 is 2.07 bits per heavy atom. The van der Waals surface area contributed by atoms with Crippen LogP contribution in [0.2, 0.25) is 0 Å². The van der Waals surface area contributed by atoms with Crippen molar-refractivity contribution >= 4 is 22.9 Å². The number of rotatable bonds is 2. The summed E-state index contributed by atoms with van der Waals surface area (Å²) in [5.74, 6) is -2.72. The predicted octanol–water partition coefficient (Wildman–Crippen LogP) is 3.09. The third-order valence-electron chi connectivity index (χ3n) is 1.54. The molecule has 0 aliphatic heterocycles. The average molecular weight is 236 g/mol. The molecule has 15 heavy (non-hydrogen) atoms. The Balaban J connectivity index is 2.90. The molecule has 82 valence electrons. The van der Waals surface area contributed by atoms with Crippen LogP contribution in [0.5, 0.6) is 0 Å². The number of hydrogen-bond donors (Lipinski definition) is 1. The van der Waals surface area contributed by atoms with Crippen molar-refractivity contribution in [3.63, 3.8) is 0 Å². The number of ketones is 1. The fraction of sp³-hybridized carbons (Fsp3) is 0.222. The fourth-order valence-corrected chi connectivity index (χ4v) is 1.63. The van der Waals surface area contributed by atoms with Gasteiger partial charge in [0.15, 0.2) is 0 Å². The van der Waals surface area contributed by atoms with Gasteiger partial charge in [0.05, 0.1) is 4.88 Å². The van der Waals surface area contributed by atoms with Crippen LogP contribution in [0.25, 0.3) is 5.76 Å². The van der Waals surface area contributed by atoms with Gasteiger partial charge in [-0.15, -0.1) is 11.3 Å². The van der Waals surface area contributed by atoms with Gasteiger partial charge < -0.3 is 5.11 Å². The molecule has 1 N–H and O–H groups in total. The van der Waals surface area contributed by atoms with Crippen molar-refractivity contribution in [2.75, 3.05) is 0 Å². The zero-order chi connectivity index (χ0) is 11.6. The van der Waals surface area contributed by atoms with E-state index in [9.17, 15) is 23.1 Å². The van der Waals surface area contributed by atoms with Crippen LogP contribution >= 0.6 is 11.3 Å². The van der Waals surface area contributed by atoms with E-state index in [1.54, 1.807) is 13.0 Å². The van der Waals surface area contributed by atoms with Crippen molar-refractivity contribution in [1.29, 1.82) is 0 Å². The van der Waals surface area contributed by atoms with Crippen molar-refractivity contribution in [2.45, 2.75) is 13.1 Å². The zero-order valence-corrected chi connectivity index (χ0v) is 8.45. The Labute approximate surface area is 87.7 Å². The summed E-state index contributed by atoms with van der Waals surface area (Å²) in [6.07, 6.45) is -4.76. The molecule has 0 fully saturated rings. The molecule has 0 aliphatic carbocycles. The Kier molecular flexibility index (Phi) is 3.18. The van der Waals surface area contributed by atoms with E-state index < -0.39 is 17.7 Å². The van der Waals surface area contributed by atoms with Crippen molar-refractivity contribution in [2.24, 2.45) is 0 Å². The topological polar surface area (TPSA) is 37.3 Å². The van der Waals surface area contributed by atoms with Gasteiger partial charge in [-0.2, -0.15) is 13.2 Å². The summed E-state index contributed by atoms with van der Waals surface area (Å²) in [7, 11) is 0. The Hall–Kier alpha value is -1.30. The highest BCUT2D eigenvalue weighted by atomic mass is 32.1. The first-order valence-corrected chi connectivity index (χ1v) is 4.71. The second-order valence-electron chi connectivity index (χ2n) is 2.80. The van der Waals surface area contributed by atoms with E-state index in [1.807, 2.05) is 0 Å². The van der Waals surface area contributed by atoms with Crippen molar-refractivity contribution in [3.8, 4) is 0 Å². The van der Waals surface area contributed by atoms with E-state index in [-0.39, 0.29) is 11.0 Å². The van der Waals surface area contributed by atoms with Gasteiger partial charge in [-0.3, -0.25) is 4.79 Å². The zero-order valence-electron chi connectivity index (χ0n) is 7.63. The lowest BCUT2D eigenvalue weighted by Gasteiger charge is -2.00. The molecule has 1 rings (SSSR count). The molecule has 1 heterocycles. The Morgan fingerprint density at radius 3 is 2.47 bits per heavy atom. The Morgan fingerprint density at radius 1 is 1.47 bits per heavy atom. The monoisotopic (exact) mass is 236 g/mol. The van der Waals surface area contributed by atoms with Gasteiger partial charge in [-0.05, 0) is 19.1 Å². The van der Waals surface area contributed by atoms with E-state index in [1.165, 1.54) is 6.07 Å². The maximum atomic E-state index is 11.8. The van der Waals surface area contributed by atoms with Crippen LogP contribution in [0.3, 0.4) is 0 Å². The third-order valence-corrected chi connectivity index (χ3v) is 2.56. The molecule has 0 bridgehead atoms. The minimum absolute atomic E-state index is 0.186. The quantitative estimate of drug-likeness (QED) is 0.632. The molecule has 0 spiro atoms. The summed E-state index contributed by atoms with van der Waals surface area (Å²) in [5, 5.41) is 9.22. The lowest BCUT2D eigenvalue weighted by molar-refractivity contribution is -0.165. The number of aryl methyl sites for hydroxylation is 1. The van der Waals surface area contributed by atoms with E-state index in [2.05, 4.69) is 0 Å². The normalized spacial score (nSPS) is 12.9. The molecule has 0 saturated carbocycles. The predicted molar refractivity (Wildman–Crippen MR) is 50.7 cm³/mol. The van der Waals surface area contributed by atoms with Gasteiger partial charge in [0.2, 0.25) is 0 Å². The average Bonchev–Trinajstić information content (AvgIpc) is 2.50. The molecule has 1 aromatic heterocycles. The largest absolute Gasteiger partial charge is 0.506 e. The maximum Gasteiger partial charge on any atom is 0.454 e. The molecule has 0 unspecified atom stereocenters. The number of carbonyl (C=O) groups excluding carboxylic acids is 1. The summed E-state index contributed by atoms with van der Waals surface area (Å²) in [4.78, 5) is 11.6. The van der Waals surface area contributed by atoms with Crippen molar-refractivity contribution in [3.05, 3.63) is 28.0 Å². The summed E-state index contributed by atoms with van der Waals surface area (Å²) >= 11 is 1.11. The highest BCUT2D eigenvalue weighted by molar-refractivity contribution is 7.13. The van der Waals surface area contributed by atoms with Gasteiger partial charge in [0.25, 0.3) is 5.78 Å². The van der Waals surface area contributed by atoms with E-state index in [0.717, 1.165) is 16.2 Å². The first-order valence-electron chi connectivity index (χ1n) is 3.89. The second-order valence-corrected chi connectivity index (χ2v) is 4.09. The van der Waals surface area contributed by atoms with E-state index >= 15 is 0 Å². The van der Waals surface area contributed by atoms with E-state index in [0.29, 0.717) is 0 Å². The molecule has 1 aromatic rings. The summed E-state index contributed by atoms with van der Waals surface area (Å²) in [5.41, 5.74) is 0. The molecule has 0 saturated heterocycles. The minimum Gasteiger partial charge on any atom is -0.506 e. The molecule has 0 atom stereocenters. The number of thiophene rings is 1. The highest BCUT2D eigenvalue weighted by Crippen LogP contribution is 2.24. The van der Waals surface area contributed by atoms with Crippen LogP contribution in [-0.4, -0.2) is 17.1 Å². The number of hydrogen-bond acceptors (Lipinski definition) is 3. The second kappa shape index (κ2) is 4.06. The number of aliphatic hydroxyl groups excluding tert-OH is 1. The van der Waals surface area contributed by atoms with Crippen LogP contribution in [-0.2, 0) is 4.79 Å². The maximum absolute atomic E-state index is 11.8. The number of alkyl halides is 3. The number of carbonyl (C=O) groups is 1. The smallest absolute Gasteiger partial charge is 0.454 e. The first-order chi connectivity index (χ1) is 6.80. The van der Waals surface area contributed by atoms with Crippen LogP contribution in [0.4, 0.5) is 13.2 Å². The molecule has 0 radical (unpaired) electrons. The summed E-state index contributed by atoms with van der Waals surface area (Å²) in [6.45, 7) is 1.74.